The number of aryl methyl sites for hydroxylation is 1. The Hall–Kier alpha value is -2.71. The van der Waals surface area contributed by atoms with Gasteiger partial charge < -0.3 is 10.1 Å². The predicted molar refractivity (Wildman–Crippen MR) is 115 cm³/mol. The van der Waals surface area contributed by atoms with Crippen molar-refractivity contribution in [3.05, 3.63) is 59.7 Å². The number of hydrogen-bond acceptors (Lipinski definition) is 5. The third kappa shape index (κ3) is 3.73. The van der Waals surface area contributed by atoms with E-state index < -0.39 is 15.6 Å². The largest absolute Gasteiger partial charge is 0.356 e. The summed E-state index contributed by atoms with van der Waals surface area (Å²) in [5.41, 5.74) is 1.88. The maximum atomic E-state index is 12.9. The molecule has 2 aliphatic heterocycles. The number of rotatable bonds is 5. The number of amides is 1. The van der Waals surface area contributed by atoms with Crippen LogP contribution in [-0.2, 0) is 25.2 Å². The second-order valence-electron chi connectivity index (χ2n) is 7.82. The molecule has 8 heteroatoms. The number of sulfonamides is 1. The van der Waals surface area contributed by atoms with Crippen LogP contribution < -0.4 is 10.1 Å². The van der Waals surface area contributed by atoms with Gasteiger partial charge in [-0.25, -0.2) is 4.83 Å². The minimum Gasteiger partial charge on any atom is -0.356 e. The lowest BCUT2D eigenvalue weighted by Crippen LogP contribution is -2.47. The zero-order valence-corrected chi connectivity index (χ0v) is 17.8. The Bertz CT molecular complexity index is 1100. The van der Waals surface area contributed by atoms with Crippen molar-refractivity contribution in [2.75, 3.05) is 5.32 Å². The van der Waals surface area contributed by atoms with Crippen LogP contribution in [0.25, 0.3) is 0 Å². The van der Waals surface area contributed by atoms with Crippen molar-refractivity contribution < 1.29 is 17.9 Å². The molecule has 2 aromatic rings. The Morgan fingerprint density at radius 1 is 1.20 bits per heavy atom. The molecule has 1 spiro atoms. The molecule has 158 valence electrons. The van der Waals surface area contributed by atoms with E-state index in [1.165, 1.54) is 0 Å². The van der Waals surface area contributed by atoms with E-state index >= 15 is 0 Å². The van der Waals surface area contributed by atoms with Crippen LogP contribution in [-0.4, -0.2) is 26.1 Å². The maximum absolute atomic E-state index is 12.9. The second kappa shape index (κ2) is 7.85. The third-order valence-electron chi connectivity index (χ3n) is 5.53. The van der Waals surface area contributed by atoms with Crippen LogP contribution in [0.1, 0.15) is 43.7 Å². The molecule has 0 aliphatic carbocycles. The van der Waals surface area contributed by atoms with Gasteiger partial charge in [0.2, 0.25) is 0 Å². The quantitative estimate of drug-likeness (QED) is 0.714. The molecule has 2 atom stereocenters. The molecule has 2 N–H and O–H groups in total. The van der Waals surface area contributed by atoms with Gasteiger partial charge in [-0.05, 0) is 31.5 Å². The van der Waals surface area contributed by atoms with Crippen molar-refractivity contribution in [2.45, 2.75) is 56.1 Å². The van der Waals surface area contributed by atoms with Crippen LogP contribution in [0, 0.1) is 6.92 Å². The van der Waals surface area contributed by atoms with Gasteiger partial charge in [0.1, 0.15) is 0 Å². The number of anilines is 1. The van der Waals surface area contributed by atoms with E-state index in [0.717, 1.165) is 29.7 Å². The zero-order valence-electron chi connectivity index (χ0n) is 17.0. The summed E-state index contributed by atoms with van der Waals surface area (Å²) in [7, 11) is -3.79. The molecule has 4 rings (SSSR count). The van der Waals surface area contributed by atoms with Gasteiger partial charge in [-0.2, -0.15) is 13.5 Å². The minimum absolute atomic E-state index is 0.147. The number of nitrogens with one attached hydrogen (secondary N) is 2. The molecule has 0 unspecified atom stereocenters. The van der Waals surface area contributed by atoms with Gasteiger partial charge in [0, 0.05) is 29.8 Å². The molecule has 0 bridgehead atoms. The highest BCUT2D eigenvalue weighted by atomic mass is 32.2. The lowest BCUT2D eigenvalue weighted by atomic mass is 9.84. The van der Waals surface area contributed by atoms with Gasteiger partial charge in [0.15, 0.2) is 5.60 Å². The van der Waals surface area contributed by atoms with Gasteiger partial charge >= 0.3 is 0 Å². The molecule has 2 aromatic carbocycles. The number of fused-ring (bicyclic) bond motifs is 2. The number of nitrogens with zero attached hydrogens (tertiary/aromatic N) is 1. The first-order valence-corrected chi connectivity index (χ1v) is 11.5. The van der Waals surface area contributed by atoms with Crippen LogP contribution in [0.2, 0.25) is 0 Å². The van der Waals surface area contributed by atoms with Gasteiger partial charge in [-0.15, -0.1) is 0 Å². The Morgan fingerprint density at radius 2 is 1.93 bits per heavy atom. The molecule has 7 nitrogen and oxygen atoms in total. The Kier molecular flexibility index (Phi) is 5.38. The maximum Gasteiger partial charge on any atom is 0.276 e. The van der Waals surface area contributed by atoms with E-state index in [0.29, 0.717) is 12.1 Å². The summed E-state index contributed by atoms with van der Waals surface area (Å²) in [6, 6.07) is 14.0. The molecule has 0 saturated carbocycles. The fourth-order valence-corrected chi connectivity index (χ4v) is 4.88. The monoisotopic (exact) mass is 427 g/mol. The first-order valence-electron chi connectivity index (χ1n) is 10.1. The van der Waals surface area contributed by atoms with Crippen LogP contribution in [0.3, 0.4) is 0 Å². The molecule has 0 aromatic heterocycles. The second-order valence-corrected chi connectivity index (χ2v) is 9.48. The molecule has 1 saturated heterocycles. The average molecular weight is 428 g/mol. The van der Waals surface area contributed by atoms with E-state index in [4.69, 9.17) is 4.74 Å². The number of hydrogen-bond donors (Lipinski definition) is 2. The normalized spacial score (nSPS) is 24.7. The summed E-state index contributed by atoms with van der Waals surface area (Å²) in [6.07, 6.45) is 2.09. The number of hydrazone groups is 1. The van der Waals surface area contributed by atoms with Gasteiger partial charge in [0.05, 0.1) is 11.0 Å². The molecule has 2 aliphatic rings. The summed E-state index contributed by atoms with van der Waals surface area (Å²) in [4.78, 5) is 15.4. The average Bonchev–Trinajstić information content (AvgIpc) is 2.98. The highest BCUT2D eigenvalue weighted by molar-refractivity contribution is 7.89. The van der Waals surface area contributed by atoms with Gasteiger partial charge in [-0.1, -0.05) is 49.2 Å². The minimum atomic E-state index is -3.79. The van der Waals surface area contributed by atoms with E-state index in [9.17, 15) is 13.2 Å². The number of carbonyl (C=O) groups excluding carboxylic acids is 1. The highest BCUT2D eigenvalue weighted by Gasteiger charge is 2.52. The van der Waals surface area contributed by atoms with E-state index in [2.05, 4.69) is 15.2 Å². The van der Waals surface area contributed by atoms with Crippen molar-refractivity contribution in [1.29, 1.82) is 0 Å². The Labute approximate surface area is 176 Å². The summed E-state index contributed by atoms with van der Waals surface area (Å²) in [5, 5.41) is 7.12. The van der Waals surface area contributed by atoms with Crippen LogP contribution in [0.5, 0.6) is 0 Å². The van der Waals surface area contributed by atoms with Crippen LogP contribution in [0.4, 0.5) is 5.69 Å². The molecule has 0 radical (unpaired) electrons. The van der Waals surface area contributed by atoms with Crippen LogP contribution >= 0.6 is 0 Å². The van der Waals surface area contributed by atoms with Crippen molar-refractivity contribution in [3.63, 3.8) is 0 Å². The third-order valence-corrected chi connectivity index (χ3v) is 6.75. The number of ether oxygens (including phenoxy) is 1. The molecule has 1 amide bonds. The van der Waals surface area contributed by atoms with E-state index in [1.807, 2.05) is 38.1 Å². The summed E-state index contributed by atoms with van der Waals surface area (Å²) in [6.45, 7) is 3.94. The molecule has 1 fully saturated rings. The molecule has 30 heavy (non-hydrogen) atoms. The summed E-state index contributed by atoms with van der Waals surface area (Å²) < 4.78 is 31.6. The zero-order chi connectivity index (χ0) is 21.4. The topological polar surface area (TPSA) is 96.9 Å². The van der Waals surface area contributed by atoms with Crippen LogP contribution in [0.15, 0.2) is 58.5 Å². The van der Waals surface area contributed by atoms with Crippen molar-refractivity contribution in [1.82, 2.24) is 4.83 Å². The fraction of sp³-hybridized carbons (Fsp3) is 0.364. The predicted octanol–water partition coefficient (Wildman–Crippen LogP) is 3.46. The number of carbonyl (C=O) groups is 1. The van der Waals surface area contributed by atoms with E-state index in [1.54, 1.807) is 24.3 Å². The summed E-state index contributed by atoms with van der Waals surface area (Å²) >= 11 is 0. The lowest BCUT2D eigenvalue weighted by molar-refractivity contribution is -0.153. The Balaban J connectivity index is 1.65. The van der Waals surface area contributed by atoms with Crippen molar-refractivity contribution in [3.8, 4) is 0 Å². The molecule has 2 heterocycles. The summed E-state index contributed by atoms with van der Waals surface area (Å²) in [5.74, 6) is -0.237. The van der Waals surface area contributed by atoms with Gasteiger partial charge in [-0.3, -0.25) is 4.79 Å². The number of benzene rings is 2. The number of para-hydroxylation sites is 1. The lowest BCUT2D eigenvalue weighted by Gasteiger charge is -2.37. The van der Waals surface area contributed by atoms with Crippen molar-refractivity contribution >= 4 is 27.3 Å². The fourth-order valence-electron chi connectivity index (χ4n) is 4.04. The first kappa shape index (κ1) is 20.6. The molecular formula is C22H25N3O4S. The first-order chi connectivity index (χ1) is 14.3. The standard InChI is InChI=1S/C22H25N3O4S/c1-3-6-17-13-16(24-25-30(27,28)18-11-9-15(2)10-12-18)14-22(29-17)19-7-4-5-8-20(19)23-21(22)26/h4-5,7-12,17,25H,3,6,13-14H2,1-2H3,(H,23,26)/b24-16-/t17-,22-/m1/s1. The van der Waals surface area contributed by atoms with Crippen molar-refractivity contribution in [2.24, 2.45) is 5.10 Å². The highest BCUT2D eigenvalue weighted by Crippen LogP contribution is 2.45. The Morgan fingerprint density at radius 3 is 2.67 bits per heavy atom. The smallest absolute Gasteiger partial charge is 0.276 e. The SMILES string of the molecule is CCC[C@@H]1C/C(=N/NS(=O)(=O)c2ccc(C)cc2)C[C@]2(O1)C(=O)Nc1ccccc12. The van der Waals surface area contributed by atoms with E-state index in [-0.39, 0.29) is 23.3 Å². The van der Waals surface area contributed by atoms with Gasteiger partial charge in [0.25, 0.3) is 15.9 Å². The molecular weight excluding hydrogens is 402 g/mol.